The summed E-state index contributed by atoms with van der Waals surface area (Å²) in [6, 6.07) is 24.3. The molecule has 3 aromatic heterocycles. The summed E-state index contributed by atoms with van der Waals surface area (Å²) in [5.74, 6) is 0.537. The maximum absolute atomic E-state index is 13.8. The number of para-hydroxylation sites is 3. The topological polar surface area (TPSA) is 78.0 Å². The Balaban J connectivity index is 1.71. The van der Waals surface area contributed by atoms with E-state index in [-0.39, 0.29) is 5.56 Å². The smallest absolute Gasteiger partial charge is 0.268 e. The van der Waals surface area contributed by atoms with Crippen LogP contribution in [0.15, 0.2) is 88.8 Å². The molecule has 0 aliphatic heterocycles. The minimum absolute atomic E-state index is 0.222. The molecule has 8 heteroatoms. The summed E-state index contributed by atoms with van der Waals surface area (Å²) in [4.78, 5) is 28.2. The molecule has 0 amide bonds. The van der Waals surface area contributed by atoms with E-state index in [1.165, 1.54) is 0 Å². The first-order valence-corrected chi connectivity index (χ1v) is 11.0. The number of aryl methyl sites for hydroxylation is 1. The minimum Gasteiger partial charge on any atom is -0.268 e. The molecule has 3 aromatic carbocycles. The molecular formula is C26H17ClN6O. The third-order valence-corrected chi connectivity index (χ3v) is 5.84. The van der Waals surface area contributed by atoms with Crippen LogP contribution in [-0.2, 0) is 0 Å². The third-order valence-electron chi connectivity index (χ3n) is 5.61. The molecule has 0 unspecified atom stereocenters. The van der Waals surface area contributed by atoms with Crippen LogP contribution in [0.2, 0.25) is 5.02 Å². The first-order chi connectivity index (χ1) is 16.6. The van der Waals surface area contributed by atoms with Gasteiger partial charge in [-0.25, -0.2) is 15.0 Å². The predicted octanol–water partition coefficient (Wildman–Crippen LogP) is 5.13. The number of hydrogen-bond donors (Lipinski definition) is 0. The number of nitrogens with zero attached hydrogens (tertiary/aromatic N) is 6. The Morgan fingerprint density at radius 3 is 2.35 bits per heavy atom. The van der Waals surface area contributed by atoms with Crippen LogP contribution in [0.1, 0.15) is 11.4 Å². The molecular weight excluding hydrogens is 448 g/mol. The molecule has 0 saturated carbocycles. The molecule has 6 rings (SSSR count). The van der Waals surface area contributed by atoms with Gasteiger partial charge < -0.3 is 0 Å². The van der Waals surface area contributed by atoms with Crippen molar-refractivity contribution in [2.45, 2.75) is 6.92 Å². The van der Waals surface area contributed by atoms with Crippen LogP contribution in [0, 0.1) is 6.92 Å². The molecule has 3 heterocycles. The van der Waals surface area contributed by atoms with Crippen LogP contribution >= 0.6 is 11.6 Å². The van der Waals surface area contributed by atoms with Crippen molar-refractivity contribution in [1.29, 1.82) is 0 Å². The van der Waals surface area contributed by atoms with E-state index < -0.39 is 0 Å². The fourth-order valence-corrected chi connectivity index (χ4v) is 4.28. The van der Waals surface area contributed by atoms with E-state index in [0.717, 1.165) is 11.3 Å². The van der Waals surface area contributed by atoms with E-state index in [4.69, 9.17) is 26.6 Å². The van der Waals surface area contributed by atoms with Gasteiger partial charge in [0.1, 0.15) is 16.7 Å². The van der Waals surface area contributed by atoms with Crippen LogP contribution in [0.4, 0.5) is 0 Å². The van der Waals surface area contributed by atoms with Crippen LogP contribution in [0.25, 0.3) is 38.9 Å². The van der Waals surface area contributed by atoms with Gasteiger partial charge in [-0.1, -0.05) is 54.1 Å². The van der Waals surface area contributed by atoms with Crippen molar-refractivity contribution in [2.24, 2.45) is 5.10 Å². The minimum atomic E-state index is -0.222. The summed E-state index contributed by atoms with van der Waals surface area (Å²) in [5.41, 5.74) is 4.04. The number of benzene rings is 3. The summed E-state index contributed by atoms with van der Waals surface area (Å²) in [6.45, 7) is 1.80. The van der Waals surface area contributed by atoms with Gasteiger partial charge in [0, 0.05) is 5.02 Å². The number of halogens is 1. The van der Waals surface area contributed by atoms with Crippen molar-refractivity contribution in [3.63, 3.8) is 0 Å². The molecule has 7 nitrogen and oxygen atoms in total. The molecule has 6 aromatic rings. The Labute approximate surface area is 198 Å². The van der Waals surface area contributed by atoms with E-state index in [2.05, 4.69) is 5.10 Å². The summed E-state index contributed by atoms with van der Waals surface area (Å²) in [6.07, 6.45) is 1.67. The number of hydrogen-bond acceptors (Lipinski definition) is 5. The van der Waals surface area contributed by atoms with E-state index in [9.17, 15) is 4.79 Å². The Morgan fingerprint density at radius 2 is 1.59 bits per heavy atom. The van der Waals surface area contributed by atoms with Crippen LogP contribution in [0.3, 0.4) is 0 Å². The molecule has 0 atom stereocenters. The zero-order chi connectivity index (χ0) is 23.2. The average Bonchev–Trinajstić information content (AvgIpc) is 3.14. The van der Waals surface area contributed by atoms with Gasteiger partial charge in [0.2, 0.25) is 0 Å². The highest BCUT2D eigenvalue weighted by Gasteiger charge is 2.21. The molecule has 0 spiro atoms. The van der Waals surface area contributed by atoms with Gasteiger partial charge in [-0.3, -0.25) is 9.36 Å². The maximum Gasteiger partial charge on any atom is 0.269 e. The second-order valence-corrected chi connectivity index (χ2v) is 8.27. The third kappa shape index (κ3) is 3.25. The van der Waals surface area contributed by atoms with E-state index in [0.29, 0.717) is 44.1 Å². The van der Waals surface area contributed by atoms with Crippen molar-refractivity contribution in [3.8, 4) is 5.69 Å². The zero-order valence-corrected chi connectivity index (χ0v) is 18.8. The van der Waals surface area contributed by atoms with Gasteiger partial charge in [-0.2, -0.15) is 9.78 Å². The highest BCUT2D eigenvalue weighted by atomic mass is 35.5. The lowest BCUT2D eigenvalue weighted by Crippen LogP contribution is -2.22. The molecule has 0 radical (unpaired) electrons. The molecule has 0 aliphatic rings. The number of rotatable bonds is 3. The normalized spacial score (nSPS) is 11.8. The van der Waals surface area contributed by atoms with Gasteiger partial charge in [0.05, 0.1) is 22.9 Å². The monoisotopic (exact) mass is 464 g/mol. The molecule has 164 valence electrons. The molecule has 34 heavy (non-hydrogen) atoms. The van der Waals surface area contributed by atoms with Gasteiger partial charge in [-0.05, 0) is 48.9 Å². The number of fused-ring (bicyclic) bond motifs is 4. The summed E-state index contributed by atoms with van der Waals surface area (Å²) < 4.78 is 3.17. The first-order valence-electron chi connectivity index (χ1n) is 10.7. The largest absolute Gasteiger partial charge is 0.269 e. The quantitative estimate of drug-likeness (QED) is 0.340. The molecule has 0 fully saturated rings. The van der Waals surface area contributed by atoms with Gasteiger partial charge >= 0.3 is 0 Å². The van der Waals surface area contributed by atoms with E-state index in [1.54, 1.807) is 34.5 Å². The average molecular weight is 465 g/mol. The lowest BCUT2D eigenvalue weighted by Gasteiger charge is -2.09. The Hall–Kier alpha value is -4.36. The lowest BCUT2D eigenvalue weighted by atomic mass is 10.2. The van der Waals surface area contributed by atoms with Crippen molar-refractivity contribution >= 4 is 51.0 Å². The molecule has 0 N–H and O–H groups in total. The van der Waals surface area contributed by atoms with Gasteiger partial charge in [0.15, 0.2) is 11.3 Å². The predicted molar refractivity (Wildman–Crippen MR) is 135 cm³/mol. The van der Waals surface area contributed by atoms with Crippen LogP contribution < -0.4 is 5.56 Å². The fraction of sp³-hybridized carbons (Fsp3) is 0.0385. The van der Waals surface area contributed by atoms with Crippen LogP contribution in [-0.4, -0.2) is 30.4 Å². The standard InChI is InChI=1S/C26H17ClN6O/c1-16-29-24-22(26(34)32(16)19-10-3-2-4-11-19)23-25(31-21-13-6-5-12-20(21)30-23)33(24)28-15-17-8-7-9-18(27)14-17/h2-15H,1H3. The highest BCUT2D eigenvalue weighted by Crippen LogP contribution is 2.26. The summed E-state index contributed by atoms with van der Waals surface area (Å²) in [5, 5.41) is 5.62. The van der Waals surface area contributed by atoms with Crippen molar-refractivity contribution < 1.29 is 0 Å². The molecule has 0 saturated heterocycles. The van der Waals surface area contributed by atoms with Crippen molar-refractivity contribution in [1.82, 2.24) is 24.2 Å². The summed E-state index contributed by atoms with van der Waals surface area (Å²) >= 11 is 6.13. The van der Waals surface area contributed by atoms with Crippen LogP contribution in [0.5, 0.6) is 0 Å². The SMILES string of the molecule is Cc1nc2c(c(=O)n1-c1ccccc1)c1nc3ccccc3nc1n2N=Cc1cccc(Cl)c1. The van der Waals surface area contributed by atoms with E-state index in [1.807, 2.05) is 66.7 Å². The zero-order valence-electron chi connectivity index (χ0n) is 18.1. The number of aromatic nitrogens is 5. The second kappa shape index (κ2) is 7.90. The summed E-state index contributed by atoms with van der Waals surface area (Å²) in [7, 11) is 0. The van der Waals surface area contributed by atoms with Gasteiger partial charge in [0.25, 0.3) is 5.56 Å². The lowest BCUT2D eigenvalue weighted by molar-refractivity contribution is 0.865. The second-order valence-electron chi connectivity index (χ2n) is 7.83. The fourth-order valence-electron chi connectivity index (χ4n) is 4.08. The molecule has 0 aliphatic carbocycles. The van der Waals surface area contributed by atoms with Crippen molar-refractivity contribution in [3.05, 3.63) is 106 Å². The Kier molecular flexibility index (Phi) is 4.71. The Morgan fingerprint density at radius 1 is 0.853 bits per heavy atom. The first kappa shape index (κ1) is 20.3. The van der Waals surface area contributed by atoms with E-state index >= 15 is 0 Å². The van der Waals surface area contributed by atoms with Crippen molar-refractivity contribution in [2.75, 3.05) is 0 Å². The highest BCUT2D eigenvalue weighted by molar-refractivity contribution is 6.30. The Bertz CT molecular complexity index is 1800. The maximum atomic E-state index is 13.8. The molecule has 0 bridgehead atoms. The van der Waals surface area contributed by atoms with Gasteiger partial charge in [-0.15, -0.1) is 0 Å².